The standard InChI is InChI=1S/C27H28ClN3O3/c1-20-4-2-3-5-25(20)30-14-16-31(17-15-30)27(33)18-21-6-12-24(13-7-21)34-19-26(32)29-23-10-8-22(28)9-11-23/h2-13H,14-19H2,1H3,(H,29,32). The highest BCUT2D eigenvalue weighted by Crippen LogP contribution is 2.21. The maximum atomic E-state index is 12.8. The van der Waals surface area contributed by atoms with Gasteiger partial charge in [0.25, 0.3) is 5.91 Å². The molecule has 1 aliphatic heterocycles. The van der Waals surface area contributed by atoms with E-state index in [1.807, 2.05) is 23.1 Å². The van der Waals surface area contributed by atoms with Crippen LogP contribution in [0.15, 0.2) is 72.8 Å². The number of carbonyl (C=O) groups excluding carboxylic acids is 2. The summed E-state index contributed by atoms with van der Waals surface area (Å²) in [4.78, 5) is 29.1. The molecular formula is C27H28ClN3O3. The van der Waals surface area contributed by atoms with Gasteiger partial charge in [0.05, 0.1) is 6.42 Å². The third-order valence-electron chi connectivity index (χ3n) is 5.87. The molecular weight excluding hydrogens is 450 g/mol. The number of aryl methyl sites for hydroxylation is 1. The zero-order valence-corrected chi connectivity index (χ0v) is 19.9. The number of piperazine rings is 1. The molecule has 2 amide bonds. The van der Waals surface area contributed by atoms with Gasteiger partial charge in [-0.3, -0.25) is 9.59 Å². The molecule has 1 heterocycles. The van der Waals surface area contributed by atoms with Crippen LogP contribution in [0.25, 0.3) is 0 Å². The summed E-state index contributed by atoms with van der Waals surface area (Å²) in [6.07, 6.45) is 0.349. The van der Waals surface area contributed by atoms with Crippen molar-refractivity contribution in [3.8, 4) is 5.75 Å². The van der Waals surface area contributed by atoms with Crippen molar-refractivity contribution < 1.29 is 14.3 Å². The van der Waals surface area contributed by atoms with Gasteiger partial charge < -0.3 is 19.9 Å². The number of halogens is 1. The number of benzene rings is 3. The molecule has 3 aromatic rings. The third-order valence-corrected chi connectivity index (χ3v) is 6.12. The molecule has 0 unspecified atom stereocenters. The van der Waals surface area contributed by atoms with E-state index in [-0.39, 0.29) is 18.4 Å². The lowest BCUT2D eigenvalue weighted by atomic mass is 10.1. The van der Waals surface area contributed by atoms with E-state index >= 15 is 0 Å². The number of amides is 2. The first-order valence-electron chi connectivity index (χ1n) is 11.3. The van der Waals surface area contributed by atoms with Gasteiger partial charge in [0.2, 0.25) is 5.91 Å². The Labute approximate surface area is 205 Å². The van der Waals surface area contributed by atoms with Crippen LogP contribution in [-0.4, -0.2) is 49.5 Å². The fraction of sp³-hybridized carbons (Fsp3) is 0.259. The van der Waals surface area contributed by atoms with Crippen LogP contribution in [0.4, 0.5) is 11.4 Å². The topological polar surface area (TPSA) is 61.9 Å². The SMILES string of the molecule is Cc1ccccc1N1CCN(C(=O)Cc2ccc(OCC(=O)Nc3ccc(Cl)cc3)cc2)CC1. The zero-order chi connectivity index (χ0) is 23.9. The number of carbonyl (C=O) groups is 2. The van der Waals surface area contributed by atoms with Crippen LogP contribution in [0.3, 0.4) is 0 Å². The Morgan fingerprint density at radius 3 is 2.26 bits per heavy atom. The number of ether oxygens (including phenoxy) is 1. The van der Waals surface area contributed by atoms with E-state index in [1.54, 1.807) is 36.4 Å². The van der Waals surface area contributed by atoms with E-state index in [9.17, 15) is 9.59 Å². The number of para-hydroxylation sites is 1. The second-order valence-corrected chi connectivity index (χ2v) is 8.76. The van der Waals surface area contributed by atoms with Crippen LogP contribution in [0.1, 0.15) is 11.1 Å². The molecule has 0 atom stereocenters. The monoisotopic (exact) mass is 477 g/mol. The first-order valence-corrected chi connectivity index (χ1v) is 11.7. The number of rotatable bonds is 7. The summed E-state index contributed by atoms with van der Waals surface area (Å²) in [6.45, 7) is 5.12. The van der Waals surface area contributed by atoms with Crippen LogP contribution >= 0.6 is 11.6 Å². The second kappa shape index (κ2) is 11.1. The molecule has 0 saturated carbocycles. The van der Waals surface area contributed by atoms with Crippen LogP contribution in [0, 0.1) is 6.92 Å². The van der Waals surface area contributed by atoms with E-state index < -0.39 is 0 Å². The molecule has 1 N–H and O–H groups in total. The summed E-state index contributed by atoms with van der Waals surface area (Å²) in [5, 5.41) is 3.36. The lowest BCUT2D eigenvalue weighted by Gasteiger charge is -2.37. The molecule has 1 fully saturated rings. The van der Waals surface area contributed by atoms with Gasteiger partial charge in [-0.15, -0.1) is 0 Å². The quantitative estimate of drug-likeness (QED) is 0.542. The molecule has 1 aliphatic rings. The molecule has 0 aliphatic carbocycles. The lowest BCUT2D eigenvalue weighted by molar-refractivity contribution is -0.130. The van der Waals surface area contributed by atoms with Gasteiger partial charge in [-0.2, -0.15) is 0 Å². The van der Waals surface area contributed by atoms with Gasteiger partial charge in [-0.25, -0.2) is 0 Å². The van der Waals surface area contributed by atoms with Gasteiger partial charge in [0.1, 0.15) is 5.75 Å². The maximum absolute atomic E-state index is 12.8. The lowest BCUT2D eigenvalue weighted by Crippen LogP contribution is -2.49. The van der Waals surface area contributed by atoms with E-state index in [1.165, 1.54) is 11.3 Å². The Morgan fingerprint density at radius 2 is 1.59 bits per heavy atom. The number of anilines is 2. The molecule has 0 aromatic heterocycles. The maximum Gasteiger partial charge on any atom is 0.262 e. The predicted octanol–water partition coefficient (Wildman–Crippen LogP) is 4.56. The molecule has 0 bridgehead atoms. The predicted molar refractivity (Wildman–Crippen MR) is 136 cm³/mol. The number of hydrogen-bond acceptors (Lipinski definition) is 4. The normalized spacial score (nSPS) is 13.5. The van der Waals surface area contributed by atoms with Gasteiger partial charge in [-0.1, -0.05) is 41.9 Å². The van der Waals surface area contributed by atoms with Gasteiger partial charge in [-0.05, 0) is 60.5 Å². The van der Waals surface area contributed by atoms with Crippen molar-refractivity contribution in [1.82, 2.24) is 4.90 Å². The van der Waals surface area contributed by atoms with Crippen LogP contribution in [-0.2, 0) is 16.0 Å². The summed E-state index contributed by atoms with van der Waals surface area (Å²) in [5.41, 5.74) is 4.08. The third kappa shape index (κ3) is 6.29. The number of nitrogens with one attached hydrogen (secondary N) is 1. The van der Waals surface area contributed by atoms with E-state index in [0.29, 0.717) is 22.9 Å². The summed E-state index contributed by atoms with van der Waals surface area (Å²) < 4.78 is 5.56. The number of nitrogens with zero attached hydrogens (tertiary/aromatic N) is 2. The van der Waals surface area contributed by atoms with E-state index in [2.05, 4.69) is 35.3 Å². The number of hydrogen-bond donors (Lipinski definition) is 1. The summed E-state index contributed by atoms with van der Waals surface area (Å²) in [5.74, 6) is 0.446. The van der Waals surface area contributed by atoms with Crippen molar-refractivity contribution in [2.75, 3.05) is 43.0 Å². The fourth-order valence-corrected chi connectivity index (χ4v) is 4.11. The van der Waals surface area contributed by atoms with Crippen molar-refractivity contribution >= 4 is 34.8 Å². The highest BCUT2D eigenvalue weighted by Gasteiger charge is 2.22. The van der Waals surface area contributed by atoms with Crippen LogP contribution in [0.5, 0.6) is 5.75 Å². The van der Waals surface area contributed by atoms with Crippen LogP contribution < -0.4 is 15.0 Å². The minimum absolute atomic E-state index is 0.105. The first-order chi connectivity index (χ1) is 16.5. The van der Waals surface area contributed by atoms with Crippen molar-refractivity contribution in [2.45, 2.75) is 13.3 Å². The van der Waals surface area contributed by atoms with Crippen molar-refractivity contribution in [3.63, 3.8) is 0 Å². The molecule has 6 nitrogen and oxygen atoms in total. The summed E-state index contributed by atoms with van der Waals surface area (Å²) in [6, 6.07) is 22.5. The Balaban J connectivity index is 1.22. The van der Waals surface area contributed by atoms with Gasteiger partial charge >= 0.3 is 0 Å². The van der Waals surface area contributed by atoms with Gasteiger partial charge in [0.15, 0.2) is 6.61 Å². The smallest absolute Gasteiger partial charge is 0.262 e. The van der Waals surface area contributed by atoms with Crippen LogP contribution in [0.2, 0.25) is 5.02 Å². The first kappa shape index (κ1) is 23.6. The summed E-state index contributed by atoms with van der Waals surface area (Å²) >= 11 is 5.85. The minimum Gasteiger partial charge on any atom is -0.484 e. The average Bonchev–Trinajstić information content (AvgIpc) is 2.85. The Kier molecular flexibility index (Phi) is 7.70. The van der Waals surface area contributed by atoms with E-state index in [0.717, 1.165) is 31.7 Å². The molecule has 7 heteroatoms. The molecule has 3 aromatic carbocycles. The molecule has 0 spiro atoms. The highest BCUT2D eigenvalue weighted by atomic mass is 35.5. The zero-order valence-electron chi connectivity index (χ0n) is 19.2. The van der Waals surface area contributed by atoms with Gasteiger partial charge in [0, 0.05) is 42.6 Å². The fourth-order valence-electron chi connectivity index (χ4n) is 3.98. The molecule has 176 valence electrons. The molecule has 1 saturated heterocycles. The van der Waals surface area contributed by atoms with Crippen molar-refractivity contribution in [1.29, 1.82) is 0 Å². The summed E-state index contributed by atoms with van der Waals surface area (Å²) in [7, 11) is 0. The molecule has 4 rings (SSSR count). The molecule has 34 heavy (non-hydrogen) atoms. The Bertz CT molecular complexity index is 1120. The largest absolute Gasteiger partial charge is 0.484 e. The average molecular weight is 478 g/mol. The van der Waals surface area contributed by atoms with E-state index in [4.69, 9.17) is 16.3 Å². The van der Waals surface area contributed by atoms with Crippen molar-refractivity contribution in [2.24, 2.45) is 0 Å². The second-order valence-electron chi connectivity index (χ2n) is 8.32. The van der Waals surface area contributed by atoms with Crippen molar-refractivity contribution in [3.05, 3.63) is 88.9 Å². The molecule has 0 radical (unpaired) electrons. The Morgan fingerprint density at radius 1 is 0.912 bits per heavy atom. The highest BCUT2D eigenvalue weighted by molar-refractivity contribution is 6.30. The minimum atomic E-state index is -0.258. The Hall–Kier alpha value is -3.51.